The van der Waals surface area contributed by atoms with Crippen molar-refractivity contribution in [2.75, 3.05) is 0 Å². The molecule has 0 radical (unpaired) electrons. The van der Waals surface area contributed by atoms with E-state index in [0.29, 0.717) is 6.08 Å². The molecule has 0 N–H and O–H groups in total. The number of hydrogen-bond acceptors (Lipinski definition) is 1. The molecule has 0 saturated carbocycles. The molecule has 0 amide bonds. The molecule has 0 fully saturated rings. The molecule has 0 bridgehead atoms. The third-order valence-electron chi connectivity index (χ3n) is 4.55. The summed E-state index contributed by atoms with van der Waals surface area (Å²) >= 11 is 0. The molecule has 1 nitrogen and oxygen atoms in total. The van der Waals surface area contributed by atoms with E-state index in [2.05, 4.69) is 19.1 Å². The van der Waals surface area contributed by atoms with Crippen LogP contribution >= 0.6 is 0 Å². The SMILES string of the molecule is CCc1ccc(-c2ccc(COc3cc(F)c(C=CC(F)(F)F)c(F)c3)cc2)cc1. The van der Waals surface area contributed by atoms with Crippen molar-refractivity contribution in [1.29, 1.82) is 0 Å². The predicted molar refractivity (Wildman–Crippen MR) is 107 cm³/mol. The smallest absolute Gasteiger partial charge is 0.409 e. The molecule has 3 aromatic rings. The monoisotopic (exact) mass is 418 g/mol. The zero-order valence-electron chi connectivity index (χ0n) is 16.1. The summed E-state index contributed by atoms with van der Waals surface area (Å²) in [7, 11) is 0. The minimum absolute atomic E-state index is 0.0612. The number of halogens is 5. The van der Waals surface area contributed by atoms with Gasteiger partial charge in [0.25, 0.3) is 0 Å². The first-order valence-electron chi connectivity index (χ1n) is 9.31. The molecule has 3 rings (SSSR count). The summed E-state index contributed by atoms with van der Waals surface area (Å²) in [5, 5.41) is 0. The van der Waals surface area contributed by atoms with Crippen LogP contribution in [0.1, 0.15) is 23.6 Å². The minimum Gasteiger partial charge on any atom is -0.489 e. The van der Waals surface area contributed by atoms with E-state index >= 15 is 0 Å². The van der Waals surface area contributed by atoms with Gasteiger partial charge in [0.1, 0.15) is 24.0 Å². The third-order valence-corrected chi connectivity index (χ3v) is 4.55. The van der Waals surface area contributed by atoms with Crippen molar-refractivity contribution in [3.05, 3.63) is 95.1 Å². The van der Waals surface area contributed by atoms with E-state index in [9.17, 15) is 22.0 Å². The highest BCUT2D eigenvalue weighted by atomic mass is 19.4. The number of alkyl halides is 3. The summed E-state index contributed by atoms with van der Waals surface area (Å²) in [6.45, 7) is 2.15. The van der Waals surface area contributed by atoms with Gasteiger partial charge in [0.15, 0.2) is 0 Å². The first kappa shape index (κ1) is 21.6. The van der Waals surface area contributed by atoms with Gasteiger partial charge < -0.3 is 4.74 Å². The number of ether oxygens (including phenoxy) is 1. The van der Waals surface area contributed by atoms with E-state index in [1.165, 1.54) is 5.56 Å². The molecular weight excluding hydrogens is 399 g/mol. The Morgan fingerprint density at radius 3 is 1.77 bits per heavy atom. The molecule has 156 valence electrons. The molecule has 0 aliphatic rings. The van der Waals surface area contributed by atoms with E-state index in [1.54, 1.807) is 0 Å². The van der Waals surface area contributed by atoms with E-state index in [-0.39, 0.29) is 18.4 Å². The van der Waals surface area contributed by atoms with Crippen molar-refractivity contribution >= 4 is 6.08 Å². The summed E-state index contributed by atoms with van der Waals surface area (Å²) in [4.78, 5) is 0. The summed E-state index contributed by atoms with van der Waals surface area (Å²) in [6, 6.07) is 17.5. The molecule has 30 heavy (non-hydrogen) atoms. The molecule has 6 heteroatoms. The van der Waals surface area contributed by atoms with Crippen molar-refractivity contribution in [3.8, 4) is 16.9 Å². The van der Waals surface area contributed by atoms with Crippen LogP contribution in [0.4, 0.5) is 22.0 Å². The van der Waals surface area contributed by atoms with E-state index in [0.717, 1.165) is 35.2 Å². The maximum absolute atomic E-state index is 14.0. The van der Waals surface area contributed by atoms with Crippen LogP contribution in [0.2, 0.25) is 0 Å². The Morgan fingerprint density at radius 1 is 0.800 bits per heavy atom. The topological polar surface area (TPSA) is 9.23 Å². The van der Waals surface area contributed by atoms with Gasteiger partial charge in [0, 0.05) is 23.8 Å². The van der Waals surface area contributed by atoms with Gasteiger partial charge in [-0.2, -0.15) is 13.2 Å². The highest BCUT2D eigenvalue weighted by Crippen LogP contribution is 2.26. The molecule has 0 saturated heterocycles. The average Bonchev–Trinajstić information content (AvgIpc) is 2.71. The fraction of sp³-hybridized carbons (Fsp3) is 0.167. The van der Waals surface area contributed by atoms with Crippen LogP contribution in [0.15, 0.2) is 66.7 Å². The largest absolute Gasteiger partial charge is 0.489 e. The Hall–Kier alpha value is -3.15. The predicted octanol–water partition coefficient (Wildman–Crippen LogP) is 7.35. The van der Waals surface area contributed by atoms with Crippen molar-refractivity contribution in [1.82, 2.24) is 0 Å². The molecule has 0 aliphatic heterocycles. The summed E-state index contributed by atoms with van der Waals surface area (Å²) in [6.07, 6.45) is -3.54. The lowest BCUT2D eigenvalue weighted by molar-refractivity contribution is -0.0790. The fourth-order valence-corrected chi connectivity index (χ4v) is 2.87. The lowest BCUT2D eigenvalue weighted by Crippen LogP contribution is -2.02. The van der Waals surface area contributed by atoms with Crippen LogP contribution in [0, 0.1) is 11.6 Å². The summed E-state index contributed by atoms with van der Waals surface area (Å²) in [5.41, 5.74) is 3.37. The number of aryl methyl sites for hydroxylation is 1. The van der Waals surface area contributed by atoms with Crippen LogP contribution in [0.25, 0.3) is 17.2 Å². The quantitative estimate of drug-likeness (QED) is 0.380. The Balaban J connectivity index is 1.67. The Morgan fingerprint density at radius 2 is 1.30 bits per heavy atom. The zero-order valence-corrected chi connectivity index (χ0v) is 16.1. The molecule has 0 unspecified atom stereocenters. The van der Waals surface area contributed by atoms with Crippen LogP contribution in [0.5, 0.6) is 5.75 Å². The molecule has 0 aliphatic carbocycles. The van der Waals surface area contributed by atoms with Gasteiger partial charge in [-0.1, -0.05) is 55.5 Å². The Kier molecular flexibility index (Phi) is 6.55. The number of benzene rings is 3. The third kappa shape index (κ3) is 5.69. The summed E-state index contributed by atoms with van der Waals surface area (Å²) in [5.74, 6) is -2.36. The maximum Gasteiger partial charge on any atom is 0.409 e. The first-order chi connectivity index (χ1) is 14.2. The van der Waals surface area contributed by atoms with Crippen molar-refractivity contribution in [2.24, 2.45) is 0 Å². The van der Waals surface area contributed by atoms with E-state index < -0.39 is 23.4 Å². The van der Waals surface area contributed by atoms with Gasteiger partial charge in [-0.15, -0.1) is 0 Å². The average molecular weight is 418 g/mol. The number of rotatable bonds is 6. The molecule has 3 aromatic carbocycles. The van der Waals surface area contributed by atoms with E-state index in [1.807, 2.05) is 36.4 Å². The second kappa shape index (κ2) is 9.11. The van der Waals surface area contributed by atoms with Gasteiger partial charge in [-0.25, -0.2) is 8.78 Å². The van der Waals surface area contributed by atoms with Gasteiger partial charge in [0.2, 0.25) is 0 Å². The second-order valence-electron chi connectivity index (χ2n) is 6.71. The van der Waals surface area contributed by atoms with Crippen molar-refractivity contribution in [3.63, 3.8) is 0 Å². The van der Waals surface area contributed by atoms with Crippen molar-refractivity contribution < 1.29 is 26.7 Å². The maximum atomic E-state index is 14.0. The van der Waals surface area contributed by atoms with Gasteiger partial charge in [-0.05, 0) is 34.8 Å². The number of allylic oxidation sites excluding steroid dienone is 1. The molecule has 0 atom stereocenters. The lowest BCUT2D eigenvalue weighted by Gasteiger charge is -2.10. The molecule has 0 aromatic heterocycles. The van der Waals surface area contributed by atoms with Gasteiger partial charge in [0.05, 0.1) is 0 Å². The molecule has 0 heterocycles. The fourth-order valence-electron chi connectivity index (χ4n) is 2.87. The minimum atomic E-state index is -4.65. The zero-order chi connectivity index (χ0) is 21.7. The van der Waals surface area contributed by atoms with Crippen LogP contribution < -0.4 is 4.74 Å². The van der Waals surface area contributed by atoms with Crippen LogP contribution in [-0.2, 0) is 13.0 Å². The van der Waals surface area contributed by atoms with E-state index in [4.69, 9.17) is 4.74 Å². The van der Waals surface area contributed by atoms with Crippen molar-refractivity contribution in [2.45, 2.75) is 26.1 Å². The lowest BCUT2D eigenvalue weighted by atomic mass is 10.0. The summed E-state index contributed by atoms with van der Waals surface area (Å²) < 4.78 is 70.0. The molecular formula is C24H19F5O. The van der Waals surface area contributed by atoms with Gasteiger partial charge >= 0.3 is 6.18 Å². The highest BCUT2D eigenvalue weighted by molar-refractivity contribution is 5.64. The Bertz CT molecular complexity index is 996. The van der Waals surface area contributed by atoms with Crippen LogP contribution in [-0.4, -0.2) is 6.18 Å². The standard InChI is InChI=1S/C24H19F5O/c1-2-16-3-7-18(8-4-16)19-9-5-17(6-10-19)15-30-20-13-22(25)21(23(26)14-20)11-12-24(27,28)29/h3-14H,2,15H2,1H3. The van der Waals surface area contributed by atoms with Gasteiger partial charge in [-0.3, -0.25) is 0 Å². The Labute approximate surface area is 171 Å². The number of hydrogen-bond donors (Lipinski definition) is 0. The normalized spacial score (nSPS) is 11.8. The first-order valence-corrected chi connectivity index (χ1v) is 9.31. The highest BCUT2D eigenvalue weighted by Gasteiger charge is 2.23. The molecule has 0 spiro atoms. The van der Waals surface area contributed by atoms with Crippen LogP contribution in [0.3, 0.4) is 0 Å². The second-order valence-corrected chi connectivity index (χ2v) is 6.71.